The Balaban J connectivity index is 2.18. The third-order valence-electron chi connectivity index (χ3n) is 2.83. The molecular formula is C10H15N3. The van der Waals surface area contributed by atoms with E-state index in [4.69, 9.17) is 5.73 Å². The second-order valence-corrected chi connectivity index (χ2v) is 3.63. The lowest BCUT2D eigenvalue weighted by molar-refractivity contribution is 0.401. The number of nitrogens with zero attached hydrogens (tertiary/aromatic N) is 2. The van der Waals surface area contributed by atoms with Crippen LogP contribution in [0.25, 0.3) is 0 Å². The van der Waals surface area contributed by atoms with E-state index in [2.05, 4.69) is 16.9 Å². The van der Waals surface area contributed by atoms with E-state index in [1.165, 1.54) is 19.3 Å². The zero-order valence-corrected chi connectivity index (χ0v) is 7.90. The van der Waals surface area contributed by atoms with Crippen LogP contribution in [0.1, 0.15) is 19.3 Å². The summed E-state index contributed by atoms with van der Waals surface area (Å²) >= 11 is 0. The molecule has 2 rings (SSSR count). The first kappa shape index (κ1) is 8.35. The Kier molecular flexibility index (Phi) is 2.08. The molecule has 3 nitrogen and oxygen atoms in total. The number of nitrogens with two attached hydrogens (primary N) is 1. The van der Waals surface area contributed by atoms with E-state index in [9.17, 15) is 0 Å². The molecule has 1 aliphatic rings. The molecule has 2 N–H and O–H groups in total. The summed E-state index contributed by atoms with van der Waals surface area (Å²) in [7, 11) is 2.11. The van der Waals surface area contributed by atoms with Gasteiger partial charge in [-0.05, 0) is 25.3 Å². The maximum absolute atomic E-state index is 5.83. The summed E-state index contributed by atoms with van der Waals surface area (Å²) in [4.78, 5) is 6.24. The summed E-state index contributed by atoms with van der Waals surface area (Å²) < 4.78 is 0. The highest BCUT2D eigenvalue weighted by Crippen LogP contribution is 2.30. The SMILES string of the molecule is CN(c1ccncc1N)C1CCC1. The zero-order valence-electron chi connectivity index (χ0n) is 7.90. The number of anilines is 2. The maximum Gasteiger partial charge on any atom is 0.0738 e. The Bertz CT molecular complexity index is 294. The lowest BCUT2D eigenvalue weighted by Gasteiger charge is -2.36. The zero-order chi connectivity index (χ0) is 9.26. The molecule has 1 aromatic heterocycles. The Morgan fingerprint density at radius 1 is 1.54 bits per heavy atom. The number of nitrogen functional groups attached to an aromatic ring is 1. The van der Waals surface area contributed by atoms with Crippen LogP contribution in [0.15, 0.2) is 18.5 Å². The standard InChI is InChI=1S/C10H15N3/c1-13(8-3-2-4-8)10-5-6-12-7-9(10)11/h5-8H,2-4,11H2,1H3. The van der Waals surface area contributed by atoms with Crippen molar-refractivity contribution in [1.82, 2.24) is 4.98 Å². The molecule has 0 saturated heterocycles. The fraction of sp³-hybridized carbons (Fsp3) is 0.500. The highest BCUT2D eigenvalue weighted by atomic mass is 15.2. The first-order valence-electron chi connectivity index (χ1n) is 4.71. The first-order chi connectivity index (χ1) is 6.29. The van der Waals surface area contributed by atoms with Crippen molar-refractivity contribution < 1.29 is 0 Å². The van der Waals surface area contributed by atoms with Crippen LogP contribution in [0.2, 0.25) is 0 Å². The van der Waals surface area contributed by atoms with Crippen LogP contribution < -0.4 is 10.6 Å². The van der Waals surface area contributed by atoms with Crippen molar-refractivity contribution in [3.63, 3.8) is 0 Å². The molecule has 0 aromatic carbocycles. The van der Waals surface area contributed by atoms with Gasteiger partial charge >= 0.3 is 0 Å². The Labute approximate surface area is 78.6 Å². The number of aromatic nitrogens is 1. The van der Waals surface area contributed by atoms with Gasteiger partial charge in [0.1, 0.15) is 0 Å². The first-order valence-corrected chi connectivity index (χ1v) is 4.71. The van der Waals surface area contributed by atoms with E-state index in [1.54, 1.807) is 12.4 Å². The summed E-state index contributed by atoms with van der Waals surface area (Å²) in [5.74, 6) is 0. The molecule has 1 aliphatic carbocycles. The molecular weight excluding hydrogens is 162 g/mol. The quantitative estimate of drug-likeness (QED) is 0.747. The average molecular weight is 177 g/mol. The molecule has 0 spiro atoms. The van der Waals surface area contributed by atoms with Gasteiger partial charge in [0, 0.05) is 19.3 Å². The molecule has 1 aromatic rings. The van der Waals surface area contributed by atoms with Gasteiger partial charge in [-0.2, -0.15) is 0 Å². The summed E-state index contributed by atoms with van der Waals surface area (Å²) in [6, 6.07) is 2.66. The third-order valence-corrected chi connectivity index (χ3v) is 2.83. The molecule has 0 unspecified atom stereocenters. The summed E-state index contributed by atoms with van der Waals surface area (Å²) in [5, 5.41) is 0. The summed E-state index contributed by atoms with van der Waals surface area (Å²) in [5.41, 5.74) is 7.72. The second-order valence-electron chi connectivity index (χ2n) is 3.63. The topological polar surface area (TPSA) is 42.2 Å². The van der Waals surface area contributed by atoms with E-state index >= 15 is 0 Å². The van der Waals surface area contributed by atoms with E-state index in [0.29, 0.717) is 6.04 Å². The Morgan fingerprint density at radius 2 is 2.31 bits per heavy atom. The highest BCUT2D eigenvalue weighted by molar-refractivity contribution is 5.66. The summed E-state index contributed by atoms with van der Waals surface area (Å²) in [6.45, 7) is 0. The van der Waals surface area contributed by atoms with Gasteiger partial charge < -0.3 is 10.6 Å². The molecule has 1 fully saturated rings. The van der Waals surface area contributed by atoms with Crippen LogP contribution in [-0.2, 0) is 0 Å². The van der Waals surface area contributed by atoms with Crippen molar-refractivity contribution in [2.75, 3.05) is 17.7 Å². The highest BCUT2D eigenvalue weighted by Gasteiger charge is 2.23. The normalized spacial score (nSPS) is 16.7. The molecule has 0 atom stereocenters. The van der Waals surface area contributed by atoms with Gasteiger partial charge in [0.15, 0.2) is 0 Å². The predicted molar refractivity (Wildman–Crippen MR) is 54.7 cm³/mol. The lowest BCUT2D eigenvalue weighted by Crippen LogP contribution is -2.37. The molecule has 0 bridgehead atoms. The van der Waals surface area contributed by atoms with E-state index in [1.807, 2.05) is 6.07 Å². The fourth-order valence-corrected chi connectivity index (χ4v) is 1.69. The third kappa shape index (κ3) is 1.46. The average Bonchev–Trinajstić information content (AvgIpc) is 2.01. The smallest absolute Gasteiger partial charge is 0.0738 e. The van der Waals surface area contributed by atoms with Gasteiger partial charge in [-0.3, -0.25) is 4.98 Å². The van der Waals surface area contributed by atoms with Crippen molar-refractivity contribution in [2.24, 2.45) is 0 Å². The monoisotopic (exact) mass is 177 g/mol. The minimum atomic E-state index is 0.685. The summed E-state index contributed by atoms with van der Waals surface area (Å²) in [6.07, 6.45) is 7.43. The number of hydrogen-bond donors (Lipinski definition) is 1. The lowest BCUT2D eigenvalue weighted by atomic mass is 9.91. The van der Waals surface area contributed by atoms with Crippen LogP contribution in [0.3, 0.4) is 0 Å². The molecule has 0 radical (unpaired) electrons. The molecule has 13 heavy (non-hydrogen) atoms. The van der Waals surface area contributed by atoms with Crippen molar-refractivity contribution in [2.45, 2.75) is 25.3 Å². The van der Waals surface area contributed by atoms with Gasteiger partial charge in [-0.25, -0.2) is 0 Å². The molecule has 0 aliphatic heterocycles. The van der Waals surface area contributed by atoms with Gasteiger partial charge in [0.2, 0.25) is 0 Å². The predicted octanol–water partition coefficient (Wildman–Crippen LogP) is 1.65. The van der Waals surface area contributed by atoms with Crippen LogP contribution in [0.5, 0.6) is 0 Å². The van der Waals surface area contributed by atoms with E-state index in [-0.39, 0.29) is 0 Å². The minimum Gasteiger partial charge on any atom is -0.396 e. The van der Waals surface area contributed by atoms with Crippen molar-refractivity contribution >= 4 is 11.4 Å². The van der Waals surface area contributed by atoms with Crippen LogP contribution in [0.4, 0.5) is 11.4 Å². The van der Waals surface area contributed by atoms with Gasteiger partial charge in [-0.1, -0.05) is 0 Å². The minimum absolute atomic E-state index is 0.685. The van der Waals surface area contributed by atoms with Crippen molar-refractivity contribution in [1.29, 1.82) is 0 Å². The molecule has 1 saturated carbocycles. The van der Waals surface area contributed by atoms with E-state index in [0.717, 1.165) is 11.4 Å². The van der Waals surface area contributed by atoms with Gasteiger partial charge in [0.05, 0.1) is 17.6 Å². The molecule has 3 heteroatoms. The molecule has 1 heterocycles. The largest absolute Gasteiger partial charge is 0.396 e. The number of hydrogen-bond acceptors (Lipinski definition) is 3. The van der Waals surface area contributed by atoms with Crippen LogP contribution in [0, 0.1) is 0 Å². The Hall–Kier alpha value is -1.25. The van der Waals surface area contributed by atoms with Crippen LogP contribution in [-0.4, -0.2) is 18.1 Å². The number of pyridine rings is 1. The van der Waals surface area contributed by atoms with Crippen molar-refractivity contribution in [3.05, 3.63) is 18.5 Å². The number of rotatable bonds is 2. The van der Waals surface area contributed by atoms with Gasteiger partial charge in [0.25, 0.3) is 0 Å². The van der Waals surface area contributed by atoms with E-state index < -0.39 is 0 Å². The van der Waals surface area contributed by atoms with Gasteiger partial charge in [-0.15, -0.1) is 0 Å². The fourth-order valence-electron chi connectivity index (χ4n) is 1.69. The Morgan fingerprint density at radius 3 is 2.85 bits per heavy atom. The molecule has 0 amide bonds. The molecule has 70 valence electrons. The van der Waals surface area contributed by atoms with Crippen LogP contribution >= 0.6 is 0 Å². The van der Waals surface area contributed by atoms with Crippen molar-refractivity contribution in [3.8, 4) is 0 Å². The maximum atomic E-state index is 5.83. The second kappa shape index (κ2) is 3.24.